The van der Waals surface area contributed by atoms with Crippen LogP contribution in [0.1, 0.15) is 45.1 Å². The Kier molecular flexibility index (Phi) is 7.34. The smallest absolute Gasteiger partial charge is 0.416 e. The number of amides is 3. The monoisotopic (exact) mass is 416 g/mol. The third-order valence-electron chi connectivity index (χ3n) is 6.03. The van der Waals surface area contributed by atoms with Crippen LogP contribution in [0.3, 0.4) is 0 Å². The van der Waals surface area contributed by atoms with E-state index in [1.165, 1.54) is 4.90 Å². The third kappa shape index (κ3) is 5.12. The number of hydrogen-bond acceptors (Lipinski definition) is 5. The van der Waals surface area contributed by atoms with E-state index in [9.17, 15) is 14.4 Å². The number of carbonyl (C=O) groups is 3. The summed E-state index contributed by atoms with van der Waals surface area (Å²) in [4.78, 5) is 41.8. The summed E-state index contributed by atoms with van der Waals surface area (Å²) in [5, 5.41) is 0. The summed E-state index contributed by atoms with van der Waals surface area (Å²) in [5.74, 6) is -0.138. The first-order chi connectivity index (χ1) is 14.4. The van der Waals surface area contributed by atoms with Crippen LogP contribution in [0.2, 0.25) is 0 Å². The molecule has 0 aliphatic carbocycles. The van der Waals surface area contributed by atoms with Crippen LogP contribution in [0.5, 0.6) is 5.75 Å². The van der Waals surface area contributed by atoms with Crippen molar-refractivity contribution in [2.75, 3.05) is 26.8 Å². The molecule has 2 aliphatic rings. The van der Waals surface area contributed by atoms with Crippen molar-refractivity contribution < 1.29 is 23.9 Å². The fourth-order valence-corrected chi connectivity index (χ4v) is 4.15. The lowest BCUT2D eigenvalue weighted by molar-refractivity contribution is -0.141. The fraction of sp³-hybridized carbons (Fsp3) is 0.609. The van der Waals surface area contributed by atoms with Crippen LogP contribution in [-0.2, 0) is 20.7 Å². The molecule has 30 heavy (non-hydrogen) atoms. The predicted molar refractivity (Wildman–Crippen MR) is 112 cm³/mol. The molecule has 0 spiro atoms. The van der Waals surface area contributed by atoms with Gasteiger partial charge in [-0.3, -0.25) is 9.59 Å². The van der Waals surface area contributed by atoms with Crippen molar-refractivity contribution in [3.8, 4) is 5.75 Å². The largest absolute Gasteiger partial charge is 0.497 e. The van der Waals surface area contributed by atoms with Crippen molar-refractivity contribution >= 4 is 17.9 Å². The molecule has 0 bridgehead atoms. The standard InChI is InChI=1S/C23H32N2O5/c1-16(2)20-15-30-23(28)25(20)22(27)18(13-17-7-9-19(29-3)10-8-17)14-21(26)24-11-5-4-6-12-24/h7-10,16,18,20H,4-6,11-15H2,1-3H3/t18-,20-/m1/s1. The van der Waals surface area contributed by atoms with E-state index >= 15 is 0 Å². The van der Waals surface area contributed by atoms with Crippen LogP contribution >= 0.6 is 0 Å². The van der Waals surface area contributed by atoms with Crippen molar-refractivity contribution in [3.05, 3.63) is 29.8 Å². The maximum Gasteiger partial charge on any atom is 0.416 e. The molecule has 2 fully saturated rings. The summed E-state index contributed by atoms with van der Waals surface area (Å²) in [6.45, 7) is 5.61. The highest BCUT2D eigenvalue weighted by molar-refractivity contribution is 5.96. The maximum atomic E-state index is 13.4. The number of ether oxygens (including phenoxy) is 2. The zero-order chi connectivity index (χ0) is 21.7. The van der Waals surface area contributed by atoms with E-state index in [4.69, 9.17) is 9.47 Å². The highest BCUT2D eigenvalue weighted by atomic mass is 16.6. The Balaban J connectivity index is 1.80. The molecule has 2 atom stereocenters. The molecule has 0 radical (unpaired) electrons. The van der Waals surface area contributed by atoms with Crippen molar-refractivity contribution in [2.45, 2.75) is 52.0 Å². The first-order valence-electron chi connectivity index (χ1n) is 10.8. The highest BCUT2D eigenvalue weighted by Gasteiger charge is 2.42. The molecule has 0 saturated carbocycles. The van der Waals surface area contributed by atoms with Gasteiger partial charge in [-0.05, 0) is 49.3 Å². The molecule has 1 aromatic rings. The number of nitrogens with zero attached hydrogens (tertiary/aromatic N) is 2. The lowest BCUT2D eigenvalue weighted by atomic mass is 9.92. The lowest BCUT2D eigenvalue weighted by Crippen LogP contribution is -2.47. The summed E-state index contributed by atoms with van der Waals surface area (Å²) in [6.07, 6.45) is 3.00. The minimum atomic E-state index is -0.611. The SMILES string of the molecule is COc1ccc(C[C@H](CC(=O)N2CCCCC2)C(=O)N2C(=O)OC[C@@H]2C(C)C)cc1. The number of imide groups is 1. The summed E-state index contributed by atoms with van der Waals surface area (Å²) in [7, 11) is 1.60. The number of piperidine rings is 1. The molecular weight excluding hydrogens is 384 g/mol. The van der Waals surface area contributed by atoms with E-state index in [0.717, 1.165) is 43.7 Å². The number of benzene rings is 1. The Morgan fingerprint density at radius 1 is 1.13 bits per heavy atom. The van der Waals surface area contributed by atoms with Crippen molar-refractivity contribution in [1.29, 1.82) is 0 Å². The first-order valence-corrected chi connectivity index (χ1v) is 10.8. The zero-order valence-corrected chi connectivity index (χ0v) is 18.1. The molecule has 7 nitrogen and oxygen atoms in total. The van der Waals surface area contributed by atoms with Crippen molar-refractivity contribution in [1.82, 2.24) is 9.80 Å². The molecule has 0 aromatic heterocycles. The summed E-state index contributed by atoms with van der Waals surface area (Å²) < 4.78 is 10.4. The van der Waals surface area contributed by atoms with E-state index in [0.29, 0.717) is 6.42 Å². The molecule has 164 valence electrons. The first kappa shape index (κ1) is 22.1. The van der Waals surface area contributed by atoms with Crippen LogP contribution in [0.25, 0.3) is 0 Å². The quantitative estimate of drug-likeness (QED) is 0.682. The van der Waals surface area contributed by atoms with Crippen LogP contribution in [0, 0.1) is 11.8 Å². The molecule has 3 rings (SSSR count). The Hall–Kier alpha value is -2.57. The normalized spacial score (nSPS) is 20.3. The molecule has 2 heterocycles. The zero-order valence-electron chi connectivity index (χ0n) is 18.1. The molecule has 1 aromatic carbocycles. The Bertz CT molecular complexity index is 755. The number of carbonyl (C=O) groups excluding carboxylic acids is 3. The second-order valence-corrected chi connectivity index (χ2v) is 8.49. The summed E-state index contributed by atoms with van der Waals surface area (Å²) in [6, 6.07) is 7.17. The van der Waals surface area contributed by atoms with E-state index in [-0.39, 0.29) is 36.8 Å². The average Bonchev–Trinajstić information content (AvgIpc) is 3.15. The number of rotatable bonds is 7. The van der Waals surface area contributed by atoms with E-state index in [2.05, 4.69) is 0 Å². The predicted octanol–water partition coefficient (Wildman–Crippen LogP) is 3.26. The second-order valence-electron chi connectivity index (χ2n) is 8.49. The number of likely N-dealkylation sites (tertiary alicyclic amines) is 1. The van der Waals surface area contributed by atoms with Gasteiger partial charge in [0.25, 0.3) is 0 Å². The van der Waals surface area contributed by atoms with Gasteiger partial charge in [0.2, 0.25) is 11.8 Å². The van der Waals surface area contributed by atoms with Gasteiger partial charge in [-0.25, -0.2) is 9.69 Å². The van der Waals surface area contributed by atoms with Gasteiger partial charge in [0.1, 0.15) is 12.4 Å². The van der Waals surface area contributed by atoms with E-state index in [1.807, 2.05) is 43.0 Å². The van der Waals surface area contributed by atoms with Gasteiger partial charge in [0.15, 0.2) is 0 Å². The van der Waals surface area contributed by atoms with E-state index < -0.39 is 12.0 Å². The minimum absolute atomic E-state index is 0.0183. The van der Waals surface area contributed by atoms with Crippen molar-refractivity contribution in [2.24, 2.45) is 11.8 Å². The van der Waals surface area contributed by atoms with Crippen LogP contribution < -0.4 is 4.74 Å². The minimum Gasteiger partial charge on any atom is -0.497 e. The molecule has 0 N–H and O–H groups in total. The number of cyclic esters (lactones) is 1. The third-order valence-corrected chi connectivity index (χ3v) is 6.03. The molecule has 2 saturated heterocycles. The molecule has 2 aliphatic heterocycles. The molecule has 7 heteroatoms. The van der Waals surface area contributed by atoms with Crippen LogP contribution in [0.15, 0.2) is 24.3 Å². The van der Waals surface area contributed by atoms with Gasteiger partial charge in [-0.1, -0.05) is 26.0 Å². The van der Waals surface area contributed by atoms with Gasteiger partial charge in [-0.15, -0.1) is 0 Å². The topological polar surface area (TPSA) is 76.2 Å². The second kappa shape index (κ2) is 9.96. The molecule has 0 unspecified atom stereocenters. The average molecular weight is 417 g/mol. The van der Waals surface area contributed by atoms with Gasteiger partial charge in [0.05, 0.1) is 19.1 Å². The van der Waals surface area contributed by atoms with Gasteiger partial charge >= 0.3 is 6.09 Å². The molecular formula is C23H32N2O5. The van der Waals surface area contributed by atoms with Gasteiger partial charge < -0.3 is 14.4 Å². The summed E-state index contributed by atoms with van der Waals surface area (Å²) in [5.41, 5.74) is 0.925. The number of hydrogen-bond donors (Lipinski definition) is 0. The Morgan fingerprint density at radius 2 is 1.80 bits per heavy atom. The number of methoxy groups -OCH3 is 1. The summed E-state index contributed by atoms with van der Waals surface area (Å²) >= 11 is 0. The maximum absolute atomic E-state index is 13.4. The van der Waals surface area contributed by atoms with Gasteiger partial charge in [0, 0.05) is 19.5 Å². The highest BCUT2D eigenvalue weighted by Crippen LogP contribution is 2.26. The van der Waals surface area contributed by atoms with Crippen LogP contribution in [0.4, 0.5) is 4.79 Å². The lowest BCUT2D eigenvalue weighted by Gasteiger charge is -2.30. The molecule has 3 amide bonds. The Labute approximate surface area is 178 Å². The van der Waals surface area contributed by atoms with E-state index in [1.54, 1.807) is 7.11 Å². The van der Waals surface area contributed by atoms with Crippen molar-refractivity contribution in [3.63, 3.8) is 0 Å². The Morgan fingerprint density at radius 3 is 2.40 bits per heavy atom. The fourth-order valence-electron chi connectivity index (χ4n) is 4.15. The van der Waals surface area contributed by atoms with Gasteiger partial charge in [-0.2, -0.15) is 0 Å². The van der Waals surface area contributed by atoms with Crippen LogP contribution in [-0.4, -0.2) is 60.6 Å².